The van der Waals surface area contributed by atoms with Crippen molar-refractivity contribution in [2.75, 3.05) is 20.2 Å². The average Bonchev–Trinajstić information content (AvgIpc) is 3.16. The third kappa shape index (κ3) is 4.15. The van der Waals surface area contributed by atoms with E-state index in [0.717, 1.165) is 47.7 Å². The Bertz CT molecular complexity index is 1000. The number of methoxy groups -OCH3 is 1. The lowest BCUT2D eigenvalue weighted by Crippen LogP contribution is -2.38. The highest BCUT2D eigenvalue weighted by Gasteiger charge is 2.27. The van der Waals surface area contributed by atoms with Crippen molar-refractivity contribution >= 4 is 28.6 Å². The molecule has 0 spiro atoms. The molecule has 1 N–H and O–H groups in total. The first-order chi connectivity index (χ1) is 14.1. The van der Waals surface area contributed by atoms with Crippen LogP contribution in [-0.4, -0.2) is 41.2 Å². The van der Waals surface area contributed by atoms with E-state index >= 15 is 0 Å². The average molecular weight is 409 g/mol. The Hall–Kier alpha value is -2.40. The van der Waals surface area contributed by atoms with Crippen LogP contribution in [0.25, 0.3) is 10.9 Å². The van der Waals surface area contributed by atoms with E-state index in [1.54, 1.807) is 18.9 Å². The number of nitrogens with one attached hydrogen (secondary N) is 1. The number of fused-ring (bicyclic) bond motifs is 1. The Morgan fingerprint density at radius 2 is 1.93 bits per heavy atom. The Balaban J connectivity index is 1.48. The molecule has 3 aromatic rings. The molecule has 0 atom stereocenters. The predicted molar refractivity (Wildman–Crippen MR) is 120 cm³/mol. The molecule has 1 aromatic heterocycles. The number of benzene rings is 2. The number of aromatic nitrogens is 1. The summed E-state index contributed by atoms with van der Waals surface area (Å²) in [5.41, 5.74) is 3.31. The van der Waals surface area contributed by atoms with Crippen molar-refractivity contribution in [1.82, 2.24) is 9.88 Å². The number of amides is 1. The van der Waals surface area contributed by atoms with Gasteiger partial charge in [0.15, 0.2) is 0 Å². The van der Waals surface area contributed by atoms with Crippen LogP contribution < -0.4 is 4.74 Å². The van der Waals surface area contributed by atoms with Crippen LogP contribution in [0, 0.1) is 0 Å². The van der Waals surface area contributed by atoms with Crippen molar-refractivity contribution in [3.05, 3.63) is 59.8 Å². The van der Waals surface area contributed by atoms with E-state index in [9.17, 15) is 4.79 Å². The molecular weight excluding hydrogens is 380 g/mol. The first-order valence-electron chi connectivity index (χ1n) is 10.3. The molecule has 0 unspecified atom stereocenters. The lowest BCUT2D eigenvalue weighted by Gasteiger charge is -2.32. The number of ether oxygens (including phenoxy) is 1. The zero-order valence-corrected chi connectivity index (χ0v) is 18.1. The third-order valence-corrected chi connectivity index (χ3v) is 6.70. The van der Waals surface area contributed by atoms with E-state index in [1.807, 2.05) is 29.2 Å². The zero-order valence-electron chi connectivity index (χ0n) is 17.3. The van der Waals surface area contributed by atoms with Gasteiger partial charge in [-0.25, -0.2) is 0 Å². The second-order valence-electron chi connectivity index (χ2n) is 7.88. The zero-order chi connectivity index (χ0) is 20.4. The fourth-order valence-electron chi connectivity index (χ4n) is 4.15. The molecule has 1 amide bonds. The monoisotopic (exact) mass is 408 g/mol. The van der Waals surface area contributed by atoms with Gasteiger partial charge in [-0.15, -0.1) is 11.8 Å². The second-order valence-corrected chi connectivity index (χ2v) is 9.50. The number of aromatic amines is 1. The van der Waals surface area contributed by atoms with E-state index in [2.05, 4.69) is 43.2 Å². The van der Waals surface area contributed by atoms with Crippen LogP contribution in [0.1, 0.15) is 48.5 Å². The van der Waals surface area contributed by atoms with Crippen LogP contribution in [-0.2, 0) is 0 Å². The van der Waals surface area contributed by atoms with Crippen molar-refractivity contribution in [1.29, 1.82) is 0 Å². The van der Waals surface area contributed by atoms with Gasteiger partial charge in [0.05, 0.1) is 12.7 Å². The molecule has 1 saturated heterocycles. The summed E-state index contributed by atoms with van der Waals surface area (Å²) in [6.45, 7) is 5.91. The molecule has 1 aliphatic rings. The number of hydrogen-bond acceptors (Lipinski definition) is 3. The number of carbonyl (C=O) groups excluding carboxylic acids is 1. The van der Waals surface area contributed by atoms with Crippen LogP contribution in [0.15, 0.2) is 53.6 Å². The topological polar surface area (TPSA) is 45.3 Å². The molecule has 1 fully saturated rings. The quantitative estimate of drug-likeness (QED) is 0.551. The standard InChI is InChI=1S/C24H28N2O2S/c1-16(2)29-23-7-5-4-6-19(23)24(27)26-12-10-17(11-13-26)21-15-25-22-9-8-18(28-3)14-20(21)22/h4-9,14-17,25H,10-13H2,1-3H3. The van der Waals surface area contributed by atoms with Gasteiger partial charge in [0, 0.05) is 40.3 Å². The molecule has 0 saturated carbocycles. The number of thioether (sulfide) groups is 1. The van der Waals surface area contributed by atoms with Gasteiger partial charge >= 0.3 is 0 Å². The molecule has 0 aliphatic carbocycles. The molecule has 2 heterocycles. The molecule has 5 heteroatoms. The first-order valence-corrected chi connectivity index (χ1v) is 11.1. The number of nitrogens with zero attached hydrogens (tertiary/aromatic N) is 1. The minimum Gasteiger partial charge on any atom is -0.497 e. The summed E-state index contributed by atoms with van der Waals surface area (Å²) in [5, 5.41) is 1.68. The maximum atomic E-state index is 13.2. The van der Waals surface area contributed by atoms with Crippen molar-refractivity contribution in [3.8, 4) is 5.75 Å². The molecule has 0 radical (unpaired) electrons. The van der Waals surface area contributed by atoms with E-state index in [1.165, 1.54) is 10.9 Å². The SMILES string of the molecule is COc1ccc2[nH]cc(C3CCN(C(=O)c4ccccc4SC(C)C)CC3)c2c1. The van der Waals surface area contributed by atoms with Crippen LogP contribution in [0.4, 0.5) is 0 Å². The highest BCUT2D eigenvalue weighted by atomic mass is 32.2. The third-order valence-electron chi connectivity index (χ3n) is 5.62. The Kier molecular flexibility index (Phi) is 5.86. The number of piperidine rings is 1. The number of carbonyl (C=O) groups is 1. The molecule has 29 heavy (non-hydrogen) atoms. The molecular formula is C24H28N2O2S. The lowest BCUT2D eigenvalue weighted by molar-refractivity contribution is 0.0710. The summed E-state index contributed by atoms with van der Waals surface area (Å²) in [4.78, 5) is 19.7. The Labute approximate surface area is 176 Å². The number of H-pyrrole nitrogens is 1. The molecule has 0 bridgehead atoms. The minimum absolute atomic E-state index is 0.160. The van der Waals surface area contributed by atoms with E-state index < -0.39 is 0 Å². The van der Waals surface area contributed by atoms with Crippen LogP contribution in [0.2, 0.25) is 0 Å². The highest BCUT2D eigenvalue weighted by molar-refractivity contribution is 8.00. The summed E-state index contributed by atoms with van der Waals surface area (Å²) in [6, 6.07) is 14.2. The van der Waals surface area contributed by atoms with Gasteiger partial charge in [-0.05, 0) is 54.7 Å². The largest absolute Gasteiger partial charge is 0.497 e. The second kappa shape index (κ2) is 8.54. The minimum atomic E-state index is 0.160. The van der Waals surface area contributed by atoms with Crippen molar-refractivity contribution in [2.24, 2.45) is 0 Å². The van der Waals surface area contributed by atoms with Crippen molar-refractivity contribution < 1.29 is 9.53 Å². The van der Waals surface area contributed by atoms with Crippen molar-refractivity contribution in [3.63, 3.8) is 0 Å². The molecule has 4 nitrogen and oxygen atoms in total. The van der Waals surface area contributed by atoms with Crippen LogP contribution in [0.3, 0.4) is 0 Å². The summed E-state index contributed by atoms with van der Waals surface area (Å²) in [5.74, 6) is 1.50. The van der Waals surface area contributed by atoms with Crippen molar-refractivity contribution in [2.45, 2.75) is 42.8 Å². The fraction of sp³-hybridized carbons (Fsp3) is 0.375. The number of rotatable bonds is 5. The molecule has 2 aromatic carbocycles. The van der Waals surface area contributed by atoms with Gasteiger partial charge in [0.2, 0.25) is 0 Å². The summed E-state index contributed by atoms with van der Waals surface area (Å²) in [6.07, 6.45) is 4.09. The smallest absolute Gasteiger partial charge is 0.254 e. The van der Waals surface area contributed by atoms with Gasteiger partial charge in [0.1, 0.15) is 5.75 Å². The normalized spacial score (nSPS) is 15.2. The number of likely N-dealkylation sites (tertiary alicyclic amines) is 1. The summed E-state index contributed by atoms with van der Waals surface area (Å²) in [7, 11) is 1.70. The van der Waals surface area contributed by atoms with E-state index in [-0.39, 0.29) is 5.91 Å². The van der Waals surface area contributed by atoms with Gasteiger partial charge in [-0.1, -0.05) is 26.0 Å². The van der Waals surface area contributed by atoms with Crippen LogP contribution >= 0.6 is 11.8 Å². The predicted octanol–water partition coefficient (Wildman–Crippen LogP) is 5.70. The Morgan fingerprint density at radius 3 is 2.66 bits per heavy atom. The van der Waals surface area contributed by atoms with Gasteiger partial charge in [-0.2, -0.15) is 0 Å². The summed E-state index contributed by atoms with van der Waals surface area (Å²) < 4.78 is 5.40. The molecule has 4 rings (SSSR count). The number of hydrogen-bond donors (Lipinski definition) is 1. The maximum Gasteiger partial charge on any atom is 0.254 e. The van der Waals surface area contributed by atoms with E-state index in [0.29, 0.717) is 11.2 Å². The van der Waals surface area contributed by atoms with Gasteiger partial charge in [-0.3, -0.25) is 4.79 Å². The first kappa shape index (κ1) is 19.9. The molecule has 1 aliphatic heterocycles. The van der Waals surface area contributed by atoms with E-state index in [4.69, 9.17) is 4.74 Å². The summed E-state index contributed by atoms with van der Waals surface area (Å²) >= 11 is 1.76. The lowest BCUT2D eigenvalue weighted by atomic mass is 9.89. The van der Waals surface area contributed by atoms with Gasteiger partial charge in [0.25, 0.3) is 5.91 Å². The Morgan fingerprint density at radius 1 is 1.17 bits per heavy atom. The van der Waals surface area contributed by atoms with Gasteiger partial charge < -0.3 is 14.6 Å². The highest BCUT2D eigenvalue weighted by Crippen LogP contribution is 2.35. The van der Waals surface area contributed by atoms with Crippen LogP contribution in [0.5, 0.6) is 5.75 Å². The molecule has 152 valence electrons. The maximum absolute atomic E-state index is 13.2. The fourth-order valence-corrected chi connectivity index (χ4v) is 5.10.